The summed E-state index contributed by atoms with van der Waals surface area (Å²) in [4.78, 5) is 6.27. The number of alkyl halides is 3. The summed E-state index contributed by atoms with van der Waals surface area (Å²) >= 11 is 0. The first-order valence-corrected chi connectivity index (χ1v) is 8.11. The molecule has 2 fully saturated rings. The van der Waals surface area contributed by atoms with Crippen LogP contribution in [0, 0.1) is 5.92 Å². The SMILES string of the molecule is FC(F)(F)c1cccnc1NC1CCN(CC2CCOC2)CC1. The van der Waals surface area contributed by atoms with Crippen LogP contribution in [0.2, 0.25) is 0 Å². The average Bonchev–Trinajstić information content (AvgIpc) is 3.02. The van der Waals surface area contributed by atoms with Crippen LogP contribution < -0.4 is 5.32 Å². The molecular formula is C16H22F3N3O. The van der Waals surface area contributed by atoms with Crippen LogP contribution >= 0.6 is 0 Å². The maximum Gasteiger partial charge on any atom is 0.419 e. The summed E-state index contributed by atoms with van der Waals surface area (Å²) in [5.41, 5.74) is -0.689. The van der Waals surface area contributed by atoms with Crippen LogP contribution in [0.1, 0.15) is 24.8 Å². The van der Waals surface area contributed by atoms with Crippen LogP contribution in [0.4, 0.5) is 19.0 Å². The number of pyridine rings is 1. The monoisotopic (exact) mass is 329 g/mol. The number of nitrogens with zero attached hydrogens (tertiary/aromatic N) is 2. The molecule has 1 atom stereocenters. The van der Waals surface area contributed by atoms with E-state index in [2.05, 4.69) is 15.2 Å². The van der Waals surface area contributed by atoms with Gasteiger partial charge in [-0.3, -0.25) is 0 Å². The molecule has 3 heterocycles. The Morgan fingerprint density at radius 2 is 2.04 bits per heavy atom. The zero-order valence-corrected chi connectivity index (χ0v) is 13.0. The molecule has 0 bridgehead atoms. The van der Waals surface area contributed by atoms with E-state index in [4.69, 9.17) is 4.74 Å². The normalized spacial score (nSPS) is 24.0. The number of piperidine rings is 1. The Balaban J connectivity index is 1.53. The van der Waals surface area contributed by atoms with E-state index in [9.17, 15) is 13.2 Å². The van der Waals surface area contributed by atoms with Crippen molar-refractivity contribution in [2.75, 3.05) is 38.2 Å². The summed E-state index contributed by atoms with van der Waals surface area (Å²) in [5.74, 6) is 0.551. The Hall–Kier alpha value is -1.34. The molecule has 0 aliphatic carbocycles. The van der Waals surface area contributed by atoms with Gasteiger partial charge in [-0.15, -0.1) is 0 Å². The molecule has 3 rings (SSSR count). The van der Waals surface area contributed by atoms with Crippen molar-refractivity contribution in [2.24, 2.45) is 5.92 Å². The summed E-state index contributed by atoms with van der Waals surface area (Å²) in [6.07, 6.45) is -0.198. The number of ether oxygens (including phenoxy) is 1. The number of anilines is 1. The van der Waals surface area contributed by atoms with Crippen molar-refractivity contribution >= 4 is 5.82 Å². The highest BCUT2D eigenvalue weighted by Crippen LogP contribution is 2.34. The van der Waals surface area contributed by atoms with Crippen LogP contribution in [0.25, 0.3) is 0 Å². The van der Waals surface area contributed by atoms with Gasteiger partial charge in [0.2, 0.25) is 0 Å². The highest BCUT2D eigenvalue weighted by molar-refractivity contribution is 5.46. The molecule has 1 aromatic rings. The molecule has 0 radical (unpaired) electrons. The zero-order valence-electron chi connectivity index (χ0n) is 13.0. The molecule has 2 aliphatic heterocycles. The molecule has 1 N–H and O–H groups in total. The van der Waals surface area contributed by atoms with Gasteiger partial charge in [0.25, 0.3) is 0 Å². The van der Waals surface area contributed by atoms with Gasteiger partial charge in [0.05, 0.1) is 12.2 Å². The van der Waals surface area contributed by atoms with Gasteiger partial charge >= 0.3 is 6.18 Å². The maximum absolute atomic E-state index is 13.0. The van der Waals surface area contributed by atoms with E-state index < -0.39 is 11.7 Å². The topological polar surface area (TPSA) is 37.4 Å². The Morgan fingerprint density at radius 1 is 1.26 bits per heavy atom. The minimum atomic E-state index is -4.38. The smallest absolute Gasteiger partial charge is 0.381 e. The third-order valence-corrected chi connectivity index (χ3v) is 4.58. The van der Waals surface area contributed by atoms with Crippen LogP contribution in [0.5, 0.6) is 0 Å². The van der Waals surface area contributed by atoms with Crippen LogP contribution in [0.3, 0.4) is 0 Å². The lowest BCUT2D eigenvalue weighted by Crippen LogP contribution is -2.41. The van der Waals surface area contributed by atoms with Crippen LogP contribution in [-0.4, -0.2) is 48.8 Å². The molecule has 4 nitrogen and oxygen atoms in total. The number of aromatic nitrogens is 1. The fourth-order valence-electron chi connectivity index (χ4n) is 3.29. The highest BCUT2D eigenvalue weighted by Gasteiger charge is 2.35. The number of hydrogen-bond acceptors (Lipinski definition) is 4. The first-order valence-electron chi connectivity index (χ1n) is 8.11. The maximum atomic E-state index is 13.0. The average molecular weight is 329 g/mol. The molecule has 0 spiro atoms. The van der Waals surface area contributed by atoms with Gasteiger partial charge in [0, 0.05) is 38.5 Å². The second-order valence-electron chi connectivity index (χ2n) is 6.35. The van der Waals surface area contributed by atoms with E-state index in [1.54, 1.807) is 0 Å². The summed E-state index contributed by atoms with van der Waals surface area (Å²) in [5, 5.41) is 2.99. The van der Waals surface area contributed by atoms with E-state index in [-0.39, 0.29) is 11.9 Å². The van der Waals surface area contributed by atoms with E-state index in [0.717, 1.165) is 58.2 Å². The van der Waals surface area contributed by atoms with Crippen molar-refractivity contribution in [3.63, 3.8) is 0 Å². The molecule has 0 saturated carbocycles. The van der Waals surface area contributed by atoms with Crippen molar-refractivity contribution in [3.8, 4) is 0 Å². The zero-order chi connectivity index (χ0) is 16.3. The third kappa shape index (κ3) is 4.35. The predicted molar refractivity (Wildman–Crippen MR) is 81.2 cm³/mol. The molecule has 2 saturated heterocycles. The van der Waals surface area contributed by atoms with Gasteiger partial charge in [0.15, 0.2) is 0 Å². The minimum absolute atomic E-state index is 0.0436. The van der Waals surface area contributed by atoms with E-state index >= 15 is 0 Å². The van der Waals surface area contributed by atoms with Gasteiger partial charge in [-0.25, -0.2) is 4.98 Å². The Labute approximate surface area is 134 Å². The summed E-state index contributed by atoms with van der Waals surface area (Å²) in [6.45, 7) is 4.53. The largest absolute Gasteiger partial charge is 0.419 e. The Morgan fingerprint density at radius 3 is 2.70 bits per heavy atom. The quantitative estimate of drug-likeness (QED) is 0.921. The molecule has 2 aliphatic rings. The highest BCUT2D eigenvalue weighted by atomic mass is 19.4. The van der Waals surface area contributed by atoms with Gasteiger partial charge in [0.1, 0.15) is 5.82 Å². The van der Waals surface area contributed by atoms with E-state index in [0.29, 0.717) is 5.92 Å². The lowest BCUT2D eigenvalue weighted by molar-refractivity contribution is -0.137. The molecular weight excluding hydrogens is 307 g/mol. The summed E-state index contributed by atoms with van der Waals surface area (Å²) in [6, 6.07) is 2.44. The van der Waals surface area contributed by atoms with E-state index in [1.807, 2.05) is 0 Å². The van der Waals surface area contributed by atoms with Crippen LogP contribution in [0.15, 0.2) is 18.3 Å². The molecule has 1 unspecified atom stereocenters. The number of nitrogens with one attached hydrogen (secondary N) is 1. The lowest BCUT2D eigenvalue weighted by atomic mass is 10.0. The molecule has 7 heteroatoms. The lowest BCUT2D eigenvalue weighted by Gasteiger charge is -2.34. The molecule has 23 heavy (non-hydrogen) atoms. The van der Waals surface area contributed by atoms with Gasteiger partial charge in [-0.1, -0.05) is 0 Å². The van der Waals surface area contributed by atoms with Gasteiger partial charge < -0.3 is 15.0 Å². The number of rotatable bonds is 4. The predicted octanol–water partition coefficient (Wildman–Crippen LogP) is 3.01. The van der Waals surface area contributed by atoms with Crippen molar-refractivity contribution in [3.05, 3.63) is 23.9 Å². The van der Waals surface area contributed by atoms with E-state index in [1.165, 1.54) is 12.3 Å². The minimum Gasteiger partial charge on any atom is -0.381 e. The fraction of sp³-hybridized carbons (Fsp3) is 0.688. The van der Waals surface area contributed by atoms with Crippen molar-refractivity contribution in [2.45, 2.75) is 31.5 Å². The molecule has 128 valence electrons. The first kappa shape index (κ1) is 16.5. The first-order chi connectivity index (χ1) is 11.0. The summed E-state index contributed by atoms with van der Waals surface area (Å²) < 4.78 is 44.4. The van der Waals surface area contributed by atoms with Crippen molar-refractivity contribution in [1.82, 2.24) is 9.88 Å². The second kappa shape index (κ2) is 7.05. The van der Waals surface area contributed by atoms with Crippen LogP contribution in [-0.2, 0) is 10.9 Å². The van der Waals surface area contributed by atoms with Gasteiger partial charge in [-0.2, -0.15) is 13.2 Å². The van der Waals surface area contributed by atoms with Crippen molar-refractivity contribution in [1.29, 1.82) is 0 Å². The second-order valence-corrected chi connectivity index (χ2v) is 6.35. The Kier molecular flexibility index (Phi) is 5.06. The van der Waals surface area contributed by atoms with Crippen molar-refractivity contribution < 1.29 is 17.9 Å². The standard InChI is InChI=1S/C16H22F3N3O/c17-16(18,19)14-2-1-6-20-15(14)21-13-3-7-22(8-4-13)10-12-5-9-23-11-12/h1-2,6,12-13H,3-5,7-11H2,(H,20,21). The molecule has 0 aromatic carbocycles. The number of halogens is 3. The van der Waals surface area contributed by atoms with Gasteiger partial charge in [-0.05, 0) is 37.3 Å². The third-order valence-electron chi connectivity index (χ3n) is 4.58. The summed E-state index contributed by atoms with van der Waals surface area (Å²) in [7, 11) is 0. The fourth-order valence-corrected chi connectivity index (χ4v) is 3.29. The molecule has 0 amide bonds. The molecule has 1 aromatic heterocycles. The Bertz CT molecular complexity index is 510. The number of hydrogen-bond donors (Lipinski definition) is 1. The number of likely N-dealkylation sites (tertiary alicyclic amines) is 1.